The first kappa shape index (κ1) is 12.8. The molecule has 0 aliphatic carbocycles. The molecule has 1 heterocycles. The Morgan fingerprint density at radius 2 is 2.05 bits per heavy atom. The molecule has 0 unspecified atom stereocenters. The van der Waals surface area contributed by atoms with Crippen molar-refractivity contribution in [3.63, 3.8) is 0 Å². The number of anilines is 1. The van der Waals surface area contributed by atoms with Crippen molar-refractivity contribution in [2.24, 2.45) is 0 Å². The molecule has 1 atom stereocenters. The number of ether oxygens (including phenoxy) is 1. The van der Waals surface area contributed by atoms with Gasteiger partial charge in [-0.25, -0.2) is 0 Å². The summed E-state index contributed by atoms with van der Waals surface area (Å²) in [6.45, 7) is 0. The minimum Gasteiger partial charge on any atom is -0.508 e. The van der Waals surface area contributed by atoms with Gasteiger partial charge in [-0.05, 0) is 23.8 Å². The Balaban J connectivity index is 1.85. The normalized spacial score (nSPS) is 17.1. The van der Waals surface area contributed by atoms with Crippen LogP contribution >= 0.6 is 11.6 Å². The molecule has 1 amide bonds. The van der Waals surface area contributed by atoms with Crippen LogP contribution in [0.5, 0.6) is 11.5 Å². The van der Waals surface area contributed by atoms with E-state index in [0.717, 1.165) is 5.56 Å². The van der Waals surface area contributed by atoms with Crippen molar-refractivity contribution in [3.05, 3.63) is 53.1 Å². The number of halogens is 1. The first-order valence-corrected chi connectivity index (χ1v) is 6.55. The largest absolute Gasteiger partial charge is 0.508 e. The molecule has 0 radical (unpaired) electrons. The lowest BCUT2D eigenvalue weighted by molar-refractivity contribution is -0.123. The van der Waals surface area contributed by atoms with Gasteiger partial charge in [0, 0.05) is 17.5 Å². The fraction of sp³-hybridized carbons (Fsp3) is 0.133. The summed E-state index contributed by atoms with van der Waals surface area (Å²) >= 11 is 6.09. The van der Waals surface area contributed by atoms with Crippen LogP contribution in [0, 0.1) is 0 Å². The molecule has 1 aliphatic rings. The predicted octanol–water partition coefficient (Wildman–Crippen LogP) is 2.99. The number of benzene rings is 2. The minimum atomic E-state index is -0.663. The van der Waals surface area contributed by atoms with E-state index in [1.807, 2.05) is 18.2 Å². The number of nitrogens with one attached hydrogen (secondary N) is 1. The van der Waals surface area contributed by atoms with Gasteiger partial charge in [-0.3, -0.25) is 4.79 Å². The van der Waals surface area contributed by atoms with Crippen LogP contribution in [0.15, 0.2) is 42.5 Å². The van der Waals surface area contributed by atoms with Crippen molar-refractivity contribution >= 4 is 23.2 Å². The van der Waals surface area contributed by atoms with Gasteiger partial charge in [0.05, 0.1) is 5.69 Å². The second-order valence-corrected chi connectivity index (χ2v) is 4.98. The van der Waals surface area contributed by atoms with Crippen LogP contribution < -0.4 is 10.1 Å². The number of phenols is 1. The highest BCUT2D eigenvalue weighted by molar-refractivity contribution is 6.31. The van der Waals surface area contributed by atoms with E-state index < -0.39 is 6.10 Å². The van der Waals surface area contributed by atoms with E-state index >= 15 is 0 Å². The van der Waals surface area contributed by atoms with Crippen molar-refractivity contribution < 1.29 is 14.6 Å². The molecule has 1 aliphatic heterocycles. The second kappa shape index (κ2) is 5.06. The molecule has 0 aromatic heterocycles. The number of rotatable bonds is 2. The molecule has 3 rings (SSSR count). The average molecular weight is 290 g/mol. The predicted molar refractivity (Wildman–Crippen MR) is 76.3 cm³/mol. The minimum absolute atomic E-state index is 0.0939. The third-order valence-electron chi connectivity index (χ3n) is 3.15. The van der Waals surface area contributed by atoms with E-state index in [9.17, 15) is 9.90 Å². The Hall–Kier alpha value is -2.20. The maximum Gasteiger partial charge on any atom is 0.265 e. The van der Waals surface area contributed by atoms with Crippen LogP contribution in [-0.2, 0) is 11.2 Å². The zero-order chi connectivity index (χ0) is 14.1. The van der Waals surface area contributed by atoms with E-state index in [0.29, 0.717) is 22.9 Å². The fourth-order valence-corrected chi connectivity index (χ4v) is 2.34. The van der Waals surface area contributed by atoms with Crippen molar-refractivity contribution in [1.82, 2.24) is 0 Å². The Morgan fingerprint density at radius 1 is 1.25 bits per heavy atom. The Labute approximate surface area is 120 Å². The number of carbonyl (C=O) groups is 1. The summed E-state index contributed by atoms with van der Waals surface area (Å²) in [6.07, 6.45) is -0.287. The third kappa shape index (κ3) is 2.42. The van der Waals surface area contributed by atoms with Crippen molar-refractivity contribution in [2.75, 3.05) is 5.32 Å². The van der Waals surface area contributed by atoms with Gasteiger partial charge >= 0.3 is 0 Å². The topological polar surface area (TPSA) is 58.6 Å². The Kier molecular flexibility index (Phi) is 3.24. The average Bonchev–Trinajstić information content (AvgIpc) is 2.42. The molecule has 0 saturated carbocycles. The maximum atomic E-state index is 12.0. The van der Waals surface area contributed by atoms with Gasteiger partial charge in [0.25, 0.3) is 5.91 Å². The first-order chi connectivity index (χ1) is 9.63. The molecule has 0 spiro atoms. The molecule has 4 nitrogen and oxygen atoms in total. The van der Waals surface area contributed by atoms with Crippen LogP contribution in [0.3, 0.4) is 0 Å². The highest BCUT2D eigenvalue weighted by Crippen LogP contribution is 2.33. The first-order valence-electron chi connectivity index (χ1n) is 6.17. The van der Waals surface area contributed by atoms with Crippen LogP contribution in [0.25, 0.3) is 0 Å². The van der Waals surface area contributed by atoms with Crippen LogP contribution in [0.2, 0.25) is 5.02 Å². The summed E-state index contributed by atoms with van der Waals surface area (Å²) in [7, 11) is 0. The number of fused-ring (bicyclic) bond motifs is 1. The summed E-state index contributed by atoms with van der Waals surface area (Å²) in [6, 6.07) is 11.9. The summed E-state index contributed by atoms with van der Waals surface area (Å²) in [4.78, 5) is 12.0. The lowest BCUT2D eigenvalue weighted by Gasteiger charge is -2.26. The molecule has 5 heteroatoms. The SMILES string of the molecule is O=C1Nc2ccc(O)cc2O[C@H]1Cc1ccccc1Cl. The quantitative estimate of drug-likeness (QED) is 0.836. The van der Waals surface area contributed by atoms with Crippen LogP contribution in [-0.4, -0.2) is 17.1 Å². The molecule has 2 aromatic carbocycles. The maximum absolute atomic E-state index is 12.0. The number of carbonyl (C=O) groups excluding carboxylic acids is 1. The van der Waals surface area contributed by atoms with Gasteiger partial charge in [0.2, 0.25) is 0 Å². The molecule has 0 saturated heterocycles. The number of hydrogen-bond acceptors (Lipinski definition) is 3. The van der Waals surface area contributed by atoms with Crippen molar-refractivity contribution in [1.29, 1.82) is 0 Å². The van der Waals surface area contributed by atoms with Crippen molar-refractivity contribution in [2.45, 2.75) is 12.5 Å². The van der Waals surface area contributed by atoms with Gasteiger partial charge in [0.15, 0.2) is 6.10 Å². The van der Waals surface area contributed by atoms with Gasteiger partial charge < -0.3 is 15.2 Å². The smallest absolute Gasteiger partial charge is 0.265 e. The van der Waals surface area contributed by atoms with E-state index in [-0.39, 0.29) is 11.7 Å². The molecule has 0 fully saturated rings. The van der Waals surface area contributed by atoms with Crippen molar-refractivity contribution in [3.8, 4) is 11.5 Å². The monoisotopic (exact) mass is 289 g/mol. The molecular weight excluding hydrogens is 278 g/mol. The number of aromatic hydroxyl groups is 1. The van der Waals surface area contributed by atoms with Gasteiger partial charge in [-0.15, -0.1) is 0 Å². The third-order valence-corrected chi connectivity index (χ3v) is 3.52. The number of phenolic OH excluding ortho intramolecular Hbond substituents is 1. The molecule has 0 bridgehead atoms. The summed E-state index contributed by atoms with van der Waals surface area (Å²) < 4.78 is 5.65. The van der Waals surface area contributed by atoms with E-state index in [1.54, 1.807) is 12.1 Å². The molecule has 102 valence electrons. The van der Waals surface area contributed by atoms with Crippen LogP contribution in [0.4, 0.5) is 5.69 Å². The highest BCUT2D eigenvalue weighted by atomic mass is 35.5. The molecule has 2 aromatic rings. The zero-order valence-electron chi connectivity index (χ0n) is 10.5. The molecule has 20 heavy (non-hydrogen) atoms. The highest BCUT2D eigenvalue weighted by Gasteiger charge is 2.28. The van der Waals surface area contributed by atoms with Crippen LogP contribution in [0.1, 0.15) is 5.56 Å². The fourth-order valence-electron chi connectivity index (χ4n) is 2.13. The van der Waals surface area contributed by atoms with Gasteiger partial charge in [-0.2, -0.15) is 0 Å². The van der Waals surface area contributed by atoms with E-state index in [2.05, 4.69) is 5.32 Å². The zero-order valence-corrected chi connectivity index (χ0v) is 11.2. The van der Waals surface area contributed by atoms with E-state index in [1.165, 1.54) is 12.1 Å². The lowest BCUT2D eigenvalue weighted by atomic mass is 10.1. The summed E-state index contributed by atoms with van der Waals surface area (Å²) in [5.74, 6) is 0.334. The lowest BCUT2D eigenvalue weighted by Crippen LogP contribution is -2.38. The van der Waals surface area contributed by atoms with E-state index in [4.69, 9.17) is 16.3 Å². The standard InChI is InChI=1S/C15H12ClNO3/c16-11-4-2-1-3-9(11)7-14-15(19)17-12-6-5-10(18)8-13(12)20-14/h1-6,8,14,18H,7H2,(H,17,19)/t14-/m0/s1. The second-order valence-electron chi connectivity index (χ2n) is 4.57. The molecular formula is C15H12ClNO3. The molecule has 2 N–H and O–H groups in total. The Morgan fingerprint density at radius 3 is 2.85 bits per heavy atom. The Bertz CT molecular complexity index is 672. The number of hydrogen-bond donors (Lipinski definition) is 2. The summed E-state index contributed by atoms with van der Waals surface area (Å²) in [5.41, 5.74) is 1.40. The van der Waals surface area contributed by atoms with Gasteiger partial charge in [-0.1, -0.05) is 29.8 Å². The van der Waals surface area contributed by atoms with Gasteiger partial charge in [0.1, 0.15) is 11.5 Å². The summed E-state index contributed by atoms with van der Waals surface area (Å²) in [5, 5.41) is 12.8. The number of amides is 1.